The van der Waals surface area contributed by atoms with Gasteiger partial charge in [-0.25, -0.2) is 9.18 Å². The van der Waals surface area contributed by atoms with Crippen molar-refractivity contribution in [1.82, 2.24) is 18.9 Å². The summed E-state index contributed by atoms with van der Waals surface area (Å²) in [7, 11) is 0. The zero-order chi connectivity index (χ0) is 21.3. The van der Waals surface area contributed by atoms with Gasteiger partial charge >= 0.3 is 5.69 Å². The standard InChI is InChI=1S/C23H23FN4O2/c1-3-28-21-20(16(2)25-28)27(15-18-9-11-19(24)12-10-18)23(30)26(22(21)29)14-13-17-7-5-4-6-8-17/h4-12H,3,13-15H2,1-2H3. The first-order valence-electron chi connectivity index (χ1n) is 9.98. The van der Waals surface area contributed by atoms with Crippen molar-refractivity contribution in [2.45, 2.75) is 39.9 Å². The zero-order valence-electron chi connectivity index (χ0n) is 17.0. The van der Waals surface area contributed by atoms with Crippen molar-refractivity contribution in [3.63, 3.8) is 0 Å². The van der Waals surface area contributed by atoms with Crippen LogP contribution in [0.3, 0.4) is 0 Å². The molecular formula is C23H23FN4O2. The number of hydrogen-bond donors (Lipinski definition) is 0. The summed E-state index contributed by atoms with van der Waals surface area (Å²) in [6.07, 6.45) is 0.567. The molecule has 0 aliphatic rings. The van der Waals surface area contributed by atoms with Gasteiger partial charge in [0, 0.05) is 13.1 Å². The molecule has 0 radical (unpaired) electrons. The van der Waals surface area contributed by atoms with E-state index in [9.17, 15) is 14.0 Å². The molecule has 6 nitrogen and oxygen atoms in total. The molecule has 0 saturated carbocycles. The van der Waals surface area contributed by atoms with E-state index in [4.69, 9.17) is 0 Å². The molecule has 30 heavy (non-hydrogen) atoms. The molecule has 2 aromatic carbocycles. The van der Waals surface area contributed by atoms with E-state index in [-0.39, 0.29) is 30.2 Å². The van der Waals surface area contributed by atoms with Crippen molar-refractivity contribution >= 4 is 11.0 Å². The topological polar surface area (TPSA) is 61.8 Å². The highest BCUT2D eigenvalue weighted by atomic mass is 19.1. The molecule has 0 aliphatic carbocycles. The molecule has 4 aromatic rings. The molecule has 0 N–H and O–H groups in total. The predicted molar refractivity (Wildman–Crippen MR) is 114 cm³/mol. The minimum absolute atomic E-state index is 0.234. The van der Waals surface area contributed by atoms with E-state index in [0.717, 1.165) is 11.1 Å². The van der Waals surface area contributed by atoms with Gasteiger partial charge in [-0.2, -0.15) is 5.10 Å². The van der Waals surface area contributed by atoms with Gasteiger partial charge in [0.1, 0.15) is 5.82 Å². The second-order valence-electron chi connectivity index (χ2n) is 7.29. The molecular weight excluding hydrogens is 383 g/mol. The molecule has 0 unspecified atom stereocenters. The Bertz CT molecular complexity index is 1300. The molecule has 2 aromatic heterocycles. The number of nitrogens with zero attached hydrogens (tertiary/aromatic N) is 4. The van der Waals surface area contributed by atoms with E-state index in [0.29, 0.717) is 29.7 Å². The van der Waals surface area contributed by atoms with Gasteiger partial charge in [0.25, 0.3) is 5.56 Å². The van der Waals surface area contributed by atoms with Gasteiger partial charge in [-0.3, -0.25) is 18.6 Å². The molecule has 0 amide bonds. The maximum Gasteiger partial charge on any atom is 0.331 e. The number of rotatable bonds is 6. The highest BCUT2D eigenvalue weighted by molar-refractivity contribution is 5.77. The normalized spacial score (nSPS) is 11.3. The van der Waals surface area contributed by atoms with Gasteiger partial charge < -0.3 is 0 Å². The van der Waals surface area contributed by atoms with Crippen LogP contribution < -0.4 is 11.2 Å². The Labute approximate surface area is 172 Å². The maximum atomic E-state index is 13.4. The monoisotopic (exact) mass is 406 g/mol. The summed E-state index contributed by atoms with van der Waals surface area (Å²) >= 11 is 0. The Kier molecular flexibility index (Phi) is 5.35. The SMILES string of the molecule is CCn1nc(C)c2c1c(=O)n(CCc1ccccc1)c(=O)n2Cc1ccc(F)cc1. The van der Waals surface area contributed by atoms with Gasteiger partial charge in [-0.15, -0.1) is 0 Å². The van der Waals surface area contributed by atoms with Crippen LogP contribution in [-0.4, -0.2) is 18.9 Å². The largest absolute Gasteiger partial charge is 0.331 e. The van der Waals surface area contributed by atoms with Crippen molar-refractivity contribution in [1.29, 1.82) is 0 Å². The van der Waals surface area contributed by atoms with Crippen molar-refractivity contribution in [3.8, 4) is 0 Å². The maximum absolute atomic E-state index is 13.4. The van der Waals surface area contributed by atoms with Crippen molar-refractivity contribution in [2.24, 2.45) is 0 Å². The molecule has 0 fully saturated rings. The van der Waals surface area contributed by atoms with E-state index in [2.05, 4.69) is 5.10 Å². The average molecular weight is 406 g/mol. The Morgan fingerprint density at radius 1 is 0.900 bits per heavy atom. The van der Waals surface area contributed by atoms with Crippen LogP contribution in [-0.2, 0) is 26.1 Å². The number of benzene rings is 2. The second kappa shape index (κ2) is 8.10. The Hall–Kier alpha value is -3.48. The molecule has 7 heteroatoms. The quantitative estimate of drug-likeness (QED) is 0.494. The third kappa shape index (κ3) is 3.58. The molecule has 154 valence electrons. The van der Waals surface area contributed by atoms with E-state index in [1.165, 1.54) is 16.7 Å². The van der Waals surface area contributed by atoms with Crippen LogP contribution in [0.4, 0.5) is 4.39 Å². The average Bonchev–Trinajstić information content (AvgIpc) is 3.09. The van der Waals surface area contributed by atoms with Gasteiger partial charge in [0.2, 0.25) is 0 Å². The Balaban J connectivity index is 1.88. The first kappa shape index (κ1) is 19.8. The minimum Gasteiger partial charge on any atom is -0.285 e. The van der Waals surface area contributed by atoms with Crippen LogP contribution in [0.5, 0.6) is 0 Å². The number of aromatic nitrogens is 4. The van der Waals surface area contributed by atoms with Crippen LogP contribution in [0.15, 0.2) is 64.2 Å². The Morgan fingerprint density at radius 3 is 2.27 bits per heavy atom. The zero-order valence-corrected chi connectivity index (χ0v) is 17.0. The van der Waals surface area contributed by atoms with Crippen LogP contribution >= 0.6 is 0 Å². The van der Waals surface area contributed by atoms with E-state index in [1.54, 1.807) is 28.3 Å². The lowest BCUT2D eigenvalue weighted by atomic mass is 10.1. The fourth-order valence-electron chi connectivity index (χ4n) is 3.79. The molecule has 0 atom stereocenters. The molecule has 0 bridgehead atoms. The molecule has 0 saturated heterocycles. The van der Waals surface area contributed by atoms with Gasteiger partial charge in [-0.1, -0.05) is 42.5 Å². The van der Waals surface area contributed by atoms with E-state index in [1.807, 2.05) is 37.3 Å². The van der Waals surface area contributed by atoms with Crippen LogP contribution in [0.1, 0.15) is 23.7 Å². The van der Waals surface area contributed by atoms with Crippen molar-refractivity contribution in [3.05, 3.63) is 98.1 Å². The van der Waals surface area contributed by atoms with Gasteiger partial charge in [0.05, 0.1) is 17.8 Å². The fraction of sp³-hybridized carbons (Fsp3) is 0.261. The minimum atomic E-state index is -0.383. The summed E-state index contributed by atoms with van der Waals surface area (Å²) in [6, 6.07) is 15.8. The van der Waals surface area contributed by atoms with Crippen molar-refractivity contribution in [2.75, 3.05) is 0 Å². The number of halogens is 1. The van der Waals surface area contributed by atoms with E-state index >= 15 is 0 Å². The molecule has 4 rings (SSSR count). The predicted octanol–water partition coefficient (Wildman–Crippen LogP) is 3.12. The summed E-state index contributed by atoms with van der Waals surface area (Å²) in [5.74, 6) is -0.334. The lowest BCUT2D eigenvalue weighted by Crippen LogP contribution is -2.41. The third-order valence-electron chi connectivity index (χ3n) is 5.30. The smallest absolute Gasteiger partial charge is 0.285 e. The second-order valence-corrected chi connectivity index (χ2v) is 7.29. The third-order valence-corrected chi connectivity index (χ3v) is 5.30. The summed E-state index contributed by atoms with van der Waals surface area (Å²) in [6.45, 7) is 4.73. The first-order valence-corrected chi connectivity index (χ1v) is 9.98. The molecule has 2 heterocycles. The summed E-state index contributed by atoms with van der Waals surface area (Å²) < 4.78 is 17.8. The van der Waals surface area contributed by atoms with Crippen LogP contribution in [0.2, 0.25) is 0 Å². The highest BCUT2D eigenvalue weighted by Gasteiger charge is 2.20. The van der Waals surface area contributed by atoms with Crippen molar-refractivity contribution < 1.29 is 4.39 Å². The summed E-state index contributed by atoms with van der Waals surface area (Å²) in [5.41, 5.74) is 2.69. The first-order chi connectivity index (χ1) is 14.5. The fourth-order valence-corrected chi connectivity index (χ4v) is 3.79. The van der Waals surface area contributed by atoms with Crippen LogP contribution in [0.25, 0.3) is 11.0 Å². The lowest BCUT2D eigenvalue weighted by molar-refractivity contribution is 0.582. The Morgan fingerprint density at radius 2 is 1.60 bits per heavy atom. The van der Waals surface area contributed by atoms with Gasteiger partial charge in [-0.05, 0) is 43.5 Å². The van der Waals surface area contributed by atoms with Gasteiger partial charge in [0.15, 0.2) is 5.52 Å². The number of fused-ring (bicyclic) bond motifs is 1. The highest BCUT2D eigenvalue weighted by Crippen LogP contribution is 2.15. The molecule has 0 aliphatic heterocycles. The van der Waals surface area contributed by atoms with Crippen LogP contribution in [0, 0.1) is 12.7 Å². The number of hydrogen-bond acceptors (Lipinski definition) is 3. The van der Waals surface area contributed by atoms with E-state index < -0.39 is 0 Å². The summed E-state index contributed by atoms with van der Waals surface area (Å²) in [5, 5.41) is 4.47. The summed E-state index contributed by atoms with van der Waals surface area (Å²) in [4.78, 5) is 26.6. The number of aryl methyl sites for hydroxylation is 3. The molecule has 0 spiro atoms. The lowest BCUT2D eigenvalue weighted by Gasteiger charge is -2.13.